The Labute approximate surface area is 204 Å². The van der Waals surface area contributed by atoms with Gasteiger partial charge < -0.3 is 20.3 Å². The number of anilines is 1. The Kier molecular flexibility index (Phi) is 9.37. The molecule has 1 fully saturated rings. The summed E-state index contributed by atoms with van der Waals surface area (Å²) < 4.78 is 5.95. The molecule has 3 rings (SSSR count). The van der Waals surface area contributed by atoms with Gasteiger partial charge >= 0.3 is 0 Å². The third kappa shape index (κ3) is 7.51. The van der Waals surface area contributed by atoms with Gasteiger partial charge in [0, 0.05) is 37.3 Å². The number of benzene rings is 2. The van der Waals surface area contributed by atoms with Crippen LogP contribution in [-0.4, -0.2) is 42.4 Å². The molecule has 1 aliphatic heterocycles. The molecule has 2 aromatic carbocycles. The van der Waals surface area contributed by atoms with Crippen LogP contribution in [0, 0.1) is 18.3 Å². The minimum atomic E-state index is -0.376. The normalized spacial score (nSPS) is 16.5. The van der Waals surface area contributed by atoms with E-state index in [1.807, 2.05) is 35.2 Å². The molecular formula is C28H38N3O3. The van der Waals surface area contributed by atoms with E-state index in [0.717, 1.165) is 42.9 Å². The van der Waals surface area contributed by atoms with Gasteiger partial charge in [0.2, 0.25) is 11.8 Å². The van der Waals surface area contributed by atoms with Gasteiger partial charge in [-0.05, 0) is 55.0 Å². The summed E-state index contributed by atoms with van der Waals surface area (Å²) >= 11 is 0. The average Bonchev–Trinajstić information content (AvgIpc) is 3.32. The molecule has 183 valence electrons. The number of likely N-dealkylation sites (tertiary alicyclic amines) is 1. The number of nitrogens with two attached hydrogens (primary N) is 1. The van der Waals surface area contributed by atoms with Crippen LogP contribution in [0.25, 0.3) is 0 Å². The van der Waals surface area contributed by atoms with Crippen LogP contribution in [0.4, 0.5) is 5.69 Å². The Morgan fingerprint density at radius 3 is 2.47 bits per heavy atom. The van der Waals surface area contributed by atoms with E-state index in [-0.39, 0.29) is 23.8 Å². The van der Waals surface area contributed by atoms with Crippen molar-refractivity contribution in [2.24, 2.45) is 17.6 Å². The van der Waals surface area contributed by atoms with Gasteiger partial charge in [0.25, 0.3) is 0 Å². The number of nitrogens with zero attached hydrogens (tertiary/aromatic N) is 2. The predicted molar refractivity (Wildman–Crippen MR) is 136 cm³/mol. The molecule has 0 bridgehead atoms. The van der Waals surface area contributed by atoms with Gasteiger partial charge in [-0.25, -0.2) is 0 Å². The molecule has 2 unspecified atom stereocenters. The molecule has 34 heavy (non-hydrogen) atoms. The highest BCUT2D eigenvalue weighted by atomic mass is 16.5. The third-order valence-electron chi connectivity index (χ3n) is 6.41. The number of primary amides is 1. The van der Waals surface area contributed by atoms with E-state index in [9.17, 15) is 9.59 Å². The molecule has 1 aliphatic rings. The molecule has 0 saturated carbocycles. The van der Waals surface area contributed by atoms with Crippen molar-refractivity contribution < 1.29 is 14.3 Å². The molecule has 2 amide bonds. The van der Waals surface area contributed by atoms with Gasteiger partial charge in [0.05, 0.1) is 6.42 Å². The molecule has 0 aliphatic carbocycles. The number of amides is 2. The number of rotatable bonds is 12. The van der Waals surface area contributed by atoms with E-state index in [4.69, 9.17) is 10.5 Å². The lowest BCUT2D eigenvalue weighted by atomic mass is 10.0. The molecule has 0 aromatic heterocycles. The Hall–Kier alpha value is -3.02. The van der Waals surface area contributed by atoms with E-state index in [0.29, 0.717) is 25.5 Å². The number of carbonyl (C=O) groups excluding carboxylic acids is 2. The van der Waals surface area contributed by atoms with Crippen molar-refractivity contribution in [1.29, 1.82) is 0 Å². The second-order valence-electron chi connectivity index (χ2n) is 9.61. The summed E-state index contributed by atoms with van der Waals surface area (Å²) in [5, 5.41) is 0. The number of carbonyl (C=O) groups is 2. The highest BCUT2D eigenvalue weighted by Gasteiger charge is 2.31. The quantitative estimate of drug-likeness (QED) is 0.504. The van der Waals surface area contributed by atoms with Crippen molar-refractivity contribution in [1.82, 2.24) is 4.90 Å². The van der Waals surface area contributed by atoms with E-state index in [1.165, 1.54) is 0 Å². The largest absolute Gasteiger partial charge is 0.489 e. The summed E-state index contributed by atoms with van der Waals surface area (Å²) in [6, 6.07) is 18.7. The van der Waals surface area contributed by atoms with Crippen LogP contribution in [-0.2, 0) is 16.2 Å². The van der Waals surface area contributed by atoms with Crippen LogP contribution >= 0.6 is 0 Å². The minimum Gasteiger partial charge on any atom is -0.489 e. The van der Waals surface area contributed by atoms with Crippen molar-refractivity contribution >= 4 is 17.5 Å². The van der Waals surface area contributed by atoms with Crippen molar-refractivity contribution in [2.45, 2.75) is 52.7 Å². The molecule has 6 nitrogen and oxygen atoms in total. The van der Waals surface area contributed by atoms with Crippen molar-refractivity contribution in [3.63, 3.8) is 0 Å². The monoisotopic (exact) mass is 464 g/mol. The molecule has 6 heteroatoms. The first-order valence-electron chi connectivity index (χ1n) is 12.3. The molecular weight excluding hydrogens is 426 g/mol. The fraction of sp³-hybridized carbons (Fsp3) is 0.464. The van der Waals surface area contributed by atoms with Crippen LogP contribution in [0.15, 0.2) is 54.6 Å². The summed E-state index contributed by atoms with van der Waals surface area (Å²) in [7, 11) is 0. The topological polar surface area (TPSA) is 75.9 Å². The van der Waals surface area contributed by atoms with Gasteiger partial charge in [-0.1, -0.05) is 51.1 Å². The van der Waals surface area contributed by atoms with Gasteiger partial charge in [0.1, 0.15) is 12.4 Å². The van der Waals surface area contributed by atoms with Crippen molar-refractivity contribution in [2.75, 3.05) is 24.5 Å². The fourth-order valence-corrected chi connectivity index (χ4v) is 4.11. The van der Waals surface area contributed by atoms with Crippen LogP contribution in [0.5, 0.6) is 5.75 Å². The van der Waals surface area contributed by atoms with E-state index < -0.39 is 0 Å². The zero-order chi connectivity index (χ0) is 24.5. The fourth-order valence-electron chi connectivity index (χ4n) is 4.11. The van der Waals surface area contributed by atoms with Crippen molar-refractivity contribution in [3.05, 3.63) is 66.6 Å². The minimum absolute atomic E-state index is 0.0101. The van der Waals surface area contributed by atoms with Crippen LogP contribution in [0.2, 0.25) is 0 Å². The second-order valence-corrected chi connectivity index (χ2v) is 9.61. The van der Waals surface area contributed by atoms with Crippen LogP contribution in [0.1, 0.15) is 45.6 Å². The third-order valence-corrected chi connectivity index (χ3v) is 6.41. The van der Waals surface area contributed by atoms with Gasteiger partial charge in [-0.15, -0.1) is 0 Å². The average molecular weight is 465 g/mol. The molecule has 1 heterocycles. The van der Waals surface area contributed by atoms with E-state index in [2.05, 4.69) is 43.0 Å². The molecule has 2 aromatic rings. The Balaban J connectivity index is 1.61. The number of hydrogen-bond acceptors (Lipinski definition) is 4. The van der Waals surface area contributed by atoms with Gasteiger partial charge in [-0.2, -0.15) is 0 Å². The Bertz CT molecular complexity index is 914. The van der Waals surface area contributed by atoms with Gasteiger partial charge in [-0.3, -0.25) is 9.59 Å². The lowest BCUT2D eigenvalue weighted by Crippen LogP contribution is -2.40. The van der Waals surface area contributed by atoms with E-state index >= 15 is 0 Å². The lowest BCUT2D eigenvalue weighted by Gasteiger charge is -2.32. The molecule has 1 radical (unpaired) electrons. The zero-order valence-electron chi connectivity index (χ0n) is 20.7. The Morgan fingerprint density at radius 1 is 1.12 bits per heavy atom. The van der Waals surface area contributed by atoms with E-state index in [1.54, 1.807) is 13.3 Å². The van der Waals surface area contributed by atoms with Gasteiger partial charge in [0.15, 0.2) is 0 Å². The maximum atomic E-state index is 12.7. The summed E-state index contributed by atoms with van der Waals surface area (Å²) in [5.41, 5.74) is 7.61. The highest BCUT2D eigenvalue weighted by Crippen LogP contribution is 2.27. The number of ether oxygens (including phenoxy) is 1. The smallest absolute Gasteiger partial charge is 0.226 e. The first kappa shape index (κ1) is 25.6. The standard InChI is InChI=1S/C28H38N3O3/c1-21(2)15-18-31(25-16-17-30(19-25)27(32)14-9-22(3)28(29)33)24-10-12-26(13-11-24)34-20-23-7-5-4-6-8-23/h4-8,10-14,21-22,25H,9,15-20H2,1-3H3,(H2,29,33). The molecule has 2 atom stereocenters. The molecule has 0 spiro atoms. The summed E-state index contributed by atoms with van der Waals surface area (Å²) in [4.78, 5) is 28.2. The highest BCUT2D eigenvalue weighted by molar-refractivity contribution is 5.86. The summed E-state index contributed by atoms with van der Waals surface area (Å²) in [6.45, 7) is 9.11. The van der Waals surface area contributed by atoms with Crippen molar-refractivity contribution in [3.8, 4) is 5.75 Å². The Morgan fingerprint density at radius 2 is 1.82 bits per heavy atom. The predicted octanol–water partition coefficient (Wildman–Crippen LogP) is 4.43. The summed E-state index contributed by atoms with van der Waals surface area (Å²) in [6.07, 6.45) is 4.00. The second kappa shape index (κ2) is 12.4. The SMILES string of the molecule is CC(C)CCN(c1ccc(OCc2ccccc2)cc1)C1CCN(C(=O)[CH]CC(C)C(N)=O)C1. The molecule has 2 N–H and O–H groups in total. The molecule has 1 saturated heterocycles. The first-order valence-corrected chi connectivity index (χ1v) is 12.3. The number of hydrogen-bond donors (Lipinski definition) is 1. The van der Waals surface area contributed by atoms with Crippen LogP contribution in [0.3, 0.4) is 0 Å². The summed E-state index contributed by atoms with van der Waals surface area (Å²) in [5.74, 6) is 0.729. The first-order chi connectivity index (χ1) is 16.3. The lowest BCUT2D eigenvalue weighted by molar-refractivity contribution is -0.127. The maximum Gasteiger partial charge on any atom is 0.226 e. The maximum absolute atomic E-state index is 12.7. The zero-order valence-corrected chi connectivity index (χ0v) is 20.7. The van der Waals surface area contributed by atoms with Crippen LogP contribution < -0.4 is 15.4 Å².